The first kappa shape index (κ1) is 14.0. The minimum Gasteiger partial charge on any atom is -0.454 e. The maximum absolute atomic E-state index is 12.9. The molecule has 0 saturated carbocycles. The van der Waals surface area contributed by atoms with Gasteiger partial charge >= 0.3 is 0 Å². The van der Waals surface area contributed by atoms with E-state index in [9.17, 15) is 4.79 Å². The van der Waals surface area contributed by atoms with Crippen molar-refractivity contribution in [3.8, 4) is 11.5 Å². The highest BCUT2D eigenvalue weighted by atomic mass is 16.7. The maximum Gasteiger partial charge on any atom is 0.254 e. The minimum absolute atomic E-state index is 0.0475. The molecule has 23 heavy (non-hydrogen) atoms. The molecule has 120 valence electrons. The van der Waals surface area contributed by atoms with Gasteiger partial charge in [0.1, 0.15) is 0 Å². The second-order valence-electron chi connectivity index (χ2n) is 5.62. The van der Waals surface area contributed by atoms with Gasteiger partial charge in [0.25, 0.3) is 5.91 Å². The Bertz CT molecular complexity index is 743. The molecule has 0 bridgehead atoms. The number of carbonyl (C=O) groups is 1. The maximum atomic E-state index is 12.9. The highest BCUT2D eigenvalue weighted by Crippen LogP contribution is 2.35. The van der Waals surface area contributed by atoms with Gasteiger partial charge in [-0.2, -0.15) is 4.98 Å². The average molecular weight is 315 g/mol. The predicted octanol–water partition coefficient (Wildman–Crippen LogP) is 2.34. The van der Waals surface area contributed by atoms with Crippen LogP contribution in [0.2, 0.25) is 0 Å². The second-order valence-corrected chi connectivity index (χ2v) is 5.62. The Hall–Kier alpha value is -2.57. The largest absolute Gasteiger partial charge is 0.454 e. The second kappa shape index (κ2) is 5.57. The molecule has 7 heteroatoms. The molecule has 1 unspecified atom stereocenters. The van der Waals surface area contributed by atoms with E-state index in [-0.39, 0.29) is 18.7 Å². The summed E-state index contributed by atoms with van der Waals surface area (Å²) in [5, 5.41) is 4.03. The van der Waals surface area contributed by atoms with Crippen LogP contribution in [0.3, 0.4) is 0 Å². The minimum atomic E-state index is -0.128. The van der Waals surface area contributed by atoms with Gasteiger partial charge < -0.3 is 18.9 Å². The van der Waals surface area contributed by atoms with Crippen LogP contribution in [0.25, 0.3) is 0 Å². The van der Waals surface area contributed by atoms with E-state index in [1.54, 1.807) is 18.2 Å². The average Bonchev–Trinajstić information content (AvgIpc) is 3.31. The quantitative estimate of drug-likeness (QED) is 0.865. The van der Waals surface area contributed by atoms with Gasteiger partial charge in [0.05, 0.1) is 6.04 Å². The lowest BCUT2D eigenvalue weighted by Crippen LogP contribution is -2.31. The van der Waals surface area contributed by atoms with Gasteiger partial charge in [-0.3, -0.25) is 4.79 Å². The molecule has 0 aliphatic carbocycles. The Morgan fingerprint density at radius 2 is 2.22 bits per heavy atom. The van der Waals surface area contributed by atoms with Gasteiger partial charge in [-0.05, 0) is 31.0 Å². The molecule has 2 aliphatic heterocycles. The van der Waals surface area contributed by atoms with Gasteiger partial charge in [-0.25, -0.2) is 0 Å². The molecule has 0 N–H and O–H groups in total. The van der Waals surface area contributed by atoms with Crippen LogP contribution >= 0.6 is 0 Å². The van der Waals surface area contributed by atoms with E-state index in [0.717, 1.165) is 12.8 Å². The number of nitrogens with zero attached hydrogens (tertiary/aromatic N) is 3. The molecule has 7 nitrogen and oxygen atoms in total. The number of carbonyl (C=O) groups excluding carboxylic acids is 1. The highest BCUT2D eigenvalue weighted by molar-refractivity contribution is 5.95. The number of aryl methyl sites for hydroxylation is 1. The molecule has 1 atom stereocenters. The number of amides is 1. The van der Waals surface area contributed by atoms with Gasteiger partial charge in [-0.15, -0.1) is 0 Å². The predicted molar refractivity (Wildman–Crippen MR) is 79.3 cm³/mol. The molecule has 2 aliphatic rings. The summed E-state index contributed by atoms with van der Waals surface area (Å²) < 4.78 is 15.8. The van der Waals surface area contributed by atoms with Crippen LogP contribution in [0.15, 0.2) is 22.7 Å². The van der Waals surface area contributed by atoms with Gasteiger partial charge in [0, 0.05) is 18.5 Å². The fourth-order valence-corrected chi connectivity index (χ4v) is 3.02. The third-order valence-corrected chi connectivity index (χ3v) is 4.22. The third-order valence-electron chi connectivity index (χ3n) is 4.22. The van der Waals surface area contributed by atoms with E-state index in [1.165, 1.54) is 0 Å². The zero-order valence-corrected chi connectivity index (χ0v) is 12.8. The summed E-state index contributed by atoms with van der Waals surface area (Å²) >= 11 is 0. The zero-order valence-electron chi connectivity index (χ0n) is 12.8. The lowest BCUT2D eigenvalue weighted by atomic mass is 10.1. The fraction of sp³-hybridized carbons (Fsp3) is 0.438. The number of hydrogen-bond donors (Lipinski definition) is 0. The molecule has 0 radical (unpaired) electrons. The van der Waals surface area contributed by atoms with Gasteiger partial charge in [-0.1, -0.05) is 12.1 Å². The number of benzene rings is 1. The lowest BCUT2D eigenvalue weighted by molar-refractivity contribution is 0.0728. The molecule has 1 aromatic heterocycles. The Labute approximate surface area is 133 Å². The van der Waals surface area contributed by atoms with E-state index >= 15 is 0 Å². The van der Waals surface area contributed by atoms with Gasteiger partial charge in [0.15, 0.2) is 17.3 Å². The Balaban J connectivity index is 1.59. The number of fused-ring (bicyclic) bond motifs is 1. The summed E-state index contributed by atoms with van der Waals surface area (Å²) in [6.45, 7) is 2.84. The number of ether oxygens (including phenoxy) is 2. The topological polar surface area (TPSA) is 77.7 Å². The van der Waals surface area contributed by atoms with Crippen molar-refractivity contribution in [2.45, 2.75) is 32.2 Å². The Kier molecular flexibility index (Phi) is 3.40. The van der Waals surface area contributed by atoms with Crippen molar-refractivity contribution >= 4 is 5.91 Å². The van der Waals surface area contributed by atoms with Crippen molar-refractivity contribution in [3.05, 3.63) is 35.5 Å². The van der Waals surface area contributed by atoms with Crippen molar-refractivity contribution in [1.82, 2.24) is 15.0 Å². The summed E-state index contributed by atoms with van der Waals surface area (Å²) in [5.41, 5.74) is 0.584. The van der Waals surface area contributed by atoms with Crippen LogP contribution in [-0.2, 0) is 6.42 Å². The third kappa shape index (κ3) is 2.42. The fourth-order valence-electron chi connectivity index (χ4n) is 3.02. The normalized spacial score (nSPS) is 19.3. The van der Waals surface area contributed by atoms with Crippen molar-refractivity contribution < 1.29 is 18.8 Å². The van der Waals surface area contributed by atoms with E-state index < -0.39 is 0 Å². The number of likely N-dealkylation sites (tertiary alicyclic amines) is 1. The van der Waals surface area contributed by atoms with Crippen LogP contribution in [0, 0.1) is 0 Å². The smallest absolute Gasteiger partial charge is 0.254 e. The summed E-state index contributed by atoms with van der Waals surface area (Å²) in [6.07, 6.45) is 2.46. The zero-order chi connectivity index (χ0) is 15.8. The molecule has 4 rings (SSSR count). The lowest BCUT2D eigenvalue weighted by Gasteiger charge is -2.22. The van der Waals surface area contributed by atoms with Crippen molar-refractivity contribution in [1.29, 1.82) is 0 Å². The van der Waals surface area contributed by atoms with Crippen molar-refractivity contribution in [3.63, 3.8) is 0 Å². The van der Waals surface area contributed by atoms with Crippen molar-refractivity contribution in [2.24, 2.45) is 0 Å². The van der Waals surface area contributed by atoms with E-state index in [4.69, 9.17) is 14.0 Å². The van der Waals surface area contributed by atoms with Crippen molar-refractivity contribution in [2.75, 3.05) is 13.3 Å². The molecular weight excluding hydrogens is 298 g/mol. The molecule has 1 fully saturated rings. The van der Waals surface area contributed by atoms with E-state index in [0.29, 0.717) is 41.7 Å². The van der Waals surface area contributed by atoms with Crippen LogP contribution < -0.4 is 9.47 Å². The Morgan fingerprint density at radius 3 is 3.04 bits per heavy atom. The molecule has 3 heterocycles. The SMILES string of the molecule is CCc1nc(C2CCCN2C(=O)c2ccc3c(c2)OCO3)no1. The summed E-state index contributed by atoms with van der Waals surface area (Å²) in [6, 6.07) is 5.13. The van der Waals surface area contributed by atoms with E-state index in [2.05, 4.69) is 10.1 Å². The van der Waals surface area contributed by atoms with E-state index in [1.807, 2.05) is 11.8 Å². The standard InChI is InChI=1S/C16H17N3O4/c1-2-14-17-15(18-23-14)11-4-3-7-19(11)16(20)10-5-6-12-13(8-10)22-9-21-12/h5-6,8,11H,2-4,7,9H2,1H3. The molecular formula is C16H17N3O4. The molecule has 1 amide bonds. The van der Waals surface area contributed by atoms with Crippen LogP contribution in [0.5, 0.6) is 11.5 Å². The first-order chi connectivity index (χ1) is 11.3. The molecule has 1 saturated heterocycles. The molecule has 0 spiro atoms. The monoisotopic (exact) mass is 315 g/mol. The number of rotatable bonds is 3. The first-order valence-electron chi connectivity index (χ1n) is 7.79. The summed E-state index contributed by atoms with van der Waals surface area (Å²) in [4.78, 5) is 19.0. The van der Waals surface area contributed by atoms with Crippen LogP contribution in [0.4, 0.5) is 0 Å². The Morgan fingerprint density at radius 1 is 1.35 bits per heavy atom. The number of hydrogen-bond acceptors (Lipinski definition) is 6. The van der Waals surface area contributed by atoms with Gasteiger partial charge in [0.2, 0.25) is 12.7 Å². The van der Waals surface area contributed by atoms with Crippen LogP contribution in [-0.4, -0.2) is 34.3 Å². The summed E-state index contributed by atoms with van der Waals surface area (Å²) in [5.74, 6) is 2.43. The molecule has 1 aromatic carbocycles. The highest BCUT2D eigenvalue weighted by Gasteiger charge is 2.34. The number of aromatic nitrogens is 2. The summed E-state index contributed by atoms with van der Waals surface area (Å²) in [7, 11) is 0. The van der Waals surface area contributed by atoms with Crippen LogP contribution in [0.1, 0.15) is 47.9 Å². The first-order valence-corrected chi connectivity index (χ1v) is 7.79. The molecule has 2 aromatic rings.